The molecule has 6 heterocycles. The molecular weight excluding hydrogens is 457 g/mol. The minimum Gasteiger partial charge on any atom is -0.481 e. The third-order valence-corrected chi connectivity index (χ3v) is 5.87. The van der Waals surface area contributed by atoms with Crippen molar-refractivity contribution in [3.05, 3.63) is 66.0 Å². The van der Waals surface area contributed by atoms with Crippen LogP contribution >= 0.6 is 0 Å². The van der Waals surface area contributed by atoms with Gasteiger partial charge in [-0.05, 0) is 47.2 Å². The number of hydrogen-bond acceptors (Lipinski definition) is 10. The van der Waals surface area contributed by atoms with E-state index in [-0.39, 0.29) is 11.6 Å². The highest BCUT2D eigenvalue weighted by molar-refractivity contribution is 5.96. The Morgan fingerprint density at radius 1 is 1.20 bits per heavy atom. The first-order valence-corrected chi connectivity index (χ1v) is 10.8. The van der Waals surface area contributed by atoms with Gasteiger partial charge in [-0.2, -0.15) is 5.10 Å². The number of rotatable bonds is 5. The van der Waals surface area contributed by atoms with Crippen molar-refractivity contribution in [2.75, 3.05) is 18.6 Å². The topological polar surface area (TPSA) is 125 Å². The Morgan fingerprint density at radius 3 is 3.00 bits per heavy atom. The Hall–Kier alpha value is -4.68. The second kappa shape index (κ2) is 8.27. The molecule has 1 aliphatic heterocycles. The molecule has 1 aliphatic rings. The summed E-state index contributed by atoms with van der Waals surface area (Å²) in [6, 6.07) is 6.46. The summed E-state index contributed by atoms with van der Waals surface area (Å²) < 4.78 is 20.8. The normalized spacial score (nSPS) is 15.7. The molecule has 0 amide bonds. The lowest BCUT2D eigenvalue weighted by Gasteiger charge is -2.26. The smallest absolute Gasteiger partial charge is 0.371 e. The predicted molar refractivity (Wildman–Crippen MR) is 119 cm³/mol. The number of hydrogen-bond donors (Lipinski definition) is 0. The molecule has 0 saturated carbocycles. The predicted octanol–water partition coefficient (Wildman–Crippen LogP) is 2.02. The van der Waals surface area contributed by atoms with E-state index in [0.29, 0.717) is 40.6 Å². The number of aromatic nitrogens is 8. The van der Waals surface area contributed by atoms with Gasteiger partial charge in [0.1, 0.15) is 22.7 Å². The minimum atomic E-state index is -0.712. The number of halogens is 1. The van der Waals surface area contributed by atoms with Crippen LogP contribution in [0.4, 0.5) is 10.2 Å². The number of nitrogens with zero attached hydrogens (tertiary/aromatic N) is 9. The molecule has 13 heteroatoms. The summed E-state index contributed by atoms with van der Waals surface area (Å²) in [7, 11) is 1.51. The van der Waals surface area contributed by atoms with Crippen molar-refractivity contribution in [3.8, 4) is 5.88 Å². The molecular formula is C22H18FN9O3. The van der Waals surface area contributed by atoms with E-state index in [0.717, 1.165) is 23.9 Å². The molecule has 0 N–H and O–H groups in total. The summed E-state index contributed by atoms with van der Waals surface area (Å²) in [5.41, 5.74) is 1.89. The lowest BCUT2D eigenvalue weighted by Crippen LogP contribution is -2.25. The number of carbonyl (C=O) groups excluding carboxylic acids is 1. The van der Waals surface area contributed by atoms with Crippen LogP contribution in [-0.4, -0.2) is 59.3 Å². The maximum atomic E-state index is 14.0. The summed E-state index contributed by atoms with van der Waals surface area (Å²) in [6.45, 7) is 0.692. The lowest BCUT2D eigenvalue weighted by atomic mass is 10.1. The SMILES string of the molecule is COc1ncc(F)cc1C1CCCN1c1ccn2ncc(C(=O)On3nnc4cccnc43)c2n1. The largest absolute Gasteiger partial charge is 0.481 e. The summed E-state index contributed by atoms with van der Waals surface area (Å²) >= 11 is 0. The van der Waals surface area contributed by atoms with Crippen LogP contribution in [0.2, 0.25) is 0 Å². The fourth-order valence-corrected chi connectivity index (χ4v) is 4.31. The molecule has 12 nitrogen and oxygen atoms in total. The molecule has 1 unspecified atom stereocenters. The fourth-order valence-electron chi connectivity index (χ4n) is 4.31. The van der Waals surface area contributed by atoms with Crippen LogP contribution in [0, 0.1) is 5.82 Å². The van der Waals surface area contributed by atoms with Gasteiger partial charge in [0, 0.05) is 24.5 Å². The first-order chi connectivity index (χ1) is 17.1. The second-order valence-electron chi connectivity index (χ2n) is 7.90. The van der Waals surface area contributed by atoms with Crippen molar-refractivity contribution in [1.29, 1.82) is 0 Å². The molecule has 0 aliphatic carbocycles. The number of ether oxygens (including phenoxy) is 1. The van der Waals surface area contributed by atoms with Crippen LogP contribution in [0.15, 0.2) is 49.1 Å². The van der Waals surface area contributed by atoms with Crippen molar-refractivity contribution in [2.45, 2.75) is 18.9 Å². The van der Waals surface area contributed by atoms with Gasteiger partial charge >= 0.3 is 5.97 Å². The van der Waals surface area contributed by atoms with E-state index in [1.807, 2.05) is 4.90 Å². The van der Waals surface area contributed by atoms with Crippen molar-refractivity contribution >= 4 is 28.6 Å². The van der Waals surface area contributed by atoms with Gasteiger partial charge in [0.05, 0.1) is 25.5 Å². The van der Waals surface area contributed by atoms with Crippen LogP contribution in [0.3, 0.4) is 0 Å². The van der Waals surface area contributed by atoms with Gasteiger partial charge in [-0.15, -0.1) is 5.10 Å². The monoisotopic (exact) mass is 475 g/mol. The van der Waals surface area contributed by atoms with Crippen LogP contribution in [0.1, 0.15) is 34.8 Å². The van der Waals surface area contributed by atoms with Gasteiger partial charge < -0.3 is 14.5 Å². The Balaban J connectivity index is 1.34. The molecule has 0 bridgehead atoms. The number of carbonyl (C=O) groups is 1. The highest BCUT2D eigenvalue weighted by atomic mass is 19.1. The molecule has 5 aromatic rings. The number of pyridine rings is 2. The maximum absolute atomic E-state index is 14.0. The van der Waals surface area contributed by atoms with Crippen molar-refractivity contribution in [2.24, 2.45) is 0 Å². The van der Waals surface area contributed by atoms with E-state index in [2.05, 4.69) is 25.4 Å². The van der Waals surface area contributed by atoms with E-state index in [1.54, 1.807) is 30.6 Å². The first-order valence-electron chi connectivity index (χ1n) is 10.8. The molecule has 0 spiro atoms. The highest BCUT2D eigenvalue weighted by Gasteiger charge is 2.31. The summed E-state index contributed by atoms with van der Waals surface area (Å²) in [5.74, 6) is -0.177. The molecule has 1 fully saturated rings. The third-order valence-electron chi connectivity index (χ3n) is 5.87. The first kappa shape index (κ1) is 20.9. The van der Waals surface area contributed by atoms with E-state index >= 15 is 0 Å². The summed E-state index contributed by atoms with van der Waals surface area (Å²) in [5, 5.41) is 12.0. The number of methoxy groups -OCH3 is 1. The second-order valence-corrected chi connectivity index (χ2v) is 7.90. The summed E-state index contributed by atoms with van der Waals surface area (Å²) in [4.78, 5) is 34.2. The van der Waals surface area contributed by atoms with E-state index in [9.17, 15) is 9.18 Å². The molecule has 6 rings (SSSR count). The van der Waals surface area contributed by atoms with E-state index in [1.165, 1.54) is 23.9 Å². The Bertz CT molecular complexity index is 1570. The van der Waals surface area contributed by atoms with Crippen LogP contribution < -0.4 is 14.5 Å². The molecule has 35 heavy (non-hydrogen) atoms. The highest BCUT2D eigenvalue weighted by Crippen LogP contribution is 2.38. The van der Waals surface area contributed by atoms with Crippen LogP contribution in [0.25, 0.3) is 16.8 Å². The fraction of sp³-hybridized carbons (Fsp3) is 0.227. The zero-order chi connectivity index (χ0) is 23.9. The molecule has 1 saturated heterocycles. The van der Waals surface area contributed by atoms with Crippen LogP contribution in [-0.2, 0) is 0 Å². The van der Waals surface area contributed by atoms with Crippen molar-refractivity contribution in [3.63, 3.8) is 0 Å². The summed E-state index contributed by atoms with van der Waals surface area (Å²) in [6.07, 6.45) is 7.41. The van der Waals surface area contributed by atoms with E-state index in [4.69, 9.17) is 14.6 Å². The van der Waals surface area contributed by atoms with Crippen LogP contribution in [0.5, 0.6) is 5.88 Å². The minimum absolute atomic E-state index is 0.146. The maximum Gasteiger partial charge on any atom is 0.371 e. The molecule has 5 aromatic heterocycles. The Kier molecular flexibility index (Phi) is 4.94. The van der Waals surface area contributed by atoms with Crippen molar-refractivity contribution in [1.82, 2.24) is 39.7 Å². The van der Waals surface area contributed by atoms with Gasteiger partial charge in [-0.3, -0.25) is 0 Å². The Morgan fingerprint density at radius 2 is 2.11 bits per heavy atom. The average Bonchev–Trinajstić information content (AvgIpc) is 3.62. The van der Waals surface area contributed by atoms with Gasteiger partial charge in [-0.1, -0.05) is 0 Å². The standard InChI is InChI=1S/C22H18FN9O3/c1-34-21-14(10-13(23)11-25-21)17-5-3-8-30(17)18-6-9-31-19(27-18)15(12-26-31)22(33)35-32-20-16(28-29-32)4-2-7-24-20/h2,4,6-7,9-12,17H,3,5,8H2,1H3. The molecule has 0 radical (unpaired) electrons. The third kappa shape index (κ3) is 3.57. The lowest BCUT2D eigenvalue weighted by molar-refractivity contribution is 0.0407. The van der Waals surface area contributed by atoms with Crippen molar-refractivity contribution < 1.29 is 18.8 Å². The zero-order valence-electron chi connectivity index (χ0n) is 18.4. The average molecular weight is 475 g/mol. The molecule has 176 valence electrons. The molecule has 0 aromatic carbocycles. The van der Waals surface area contributed by atoms with Gasteiger partial charge in [0.15, 0.2) is 5.65 Å². The number of anilines is 1. The Labute approximate surface area is 196 Å². The van der Waals surface area contributed by atoms with Gasteiger partial charge in [0.2, 0.25) is 11.5 Å². The number of fused-ring (bicyclic) bond motifs is 2. The van der Waals surface area contributed by atoms with Gasteiger partial charge in [-0.25, -0.2) is 28.7 Å². The van der Waals surface area contributed by atoms with Gasteiger partial charge in [0.25, 0.3) is 0 Å². The zero-order valence-corrected chi connectivity index (χ0v) is 18.4. The quantitative estimate of drug-likeness (QED) is 0.349. The van der Waals surface area contributed by atoms with E-state index < -0.39 is 11.8 Å². The molecule has 1 atom stereocenters.